The first kappa shape index (κ1) is 10.6. The molecule has 0 aromatic carbocycles. The summed E-state index contributed by atoms with van der Waals surface area (Å²) in [7, 11) is 0. The van der Waals surface area contributed by atoms with Crippen LogP contribution in [-0.2, 0) is 4.79 Å². The van der Waals surface area contributed by atoms with Crippen LogP contribution < -0.4 is 0 Å². The van der Waals surface area contributed by atoms with E-state index in [-0.39, 0.29) is 6.29 Å². The lowest BCUT2D eigenvalue weighted by atomic mass is 9.79. The molecule has 1 saturated carbocycles. The Morgan fingerprint density at radius 2 is 1.00 bits per heavy atom. The molecule has 1 aliphatic rings. The van der Waals surface area contributed by atoms with E-state index in [1.165, 1.54) is 0 Å². The molecule has 1 fully saturated rings. The second kappa shape index (κ2) is 3.69. The summed E-state index contributed by atoms with van der Waals surface area (Å²) < 4.78 is 0. The SMILES string of the molecule is O=CC1[C@@H](O)[C@H](O)C(O)[C@@H](O)[C@H]1O. The van der Waals surface area contributed by atoms with E-state index in [2.05, 4.69) is 0 Å². The van der Waals surface area contributed by atoms with Crippen LogP contribution in [0.3, 0.4) is 0 Å². The number of aliphatic hydroxyl groups excluding tert-OH is 5. The number of carbonyl (C=O) groups excluding carboxylic acids is 1. The second-order valence-electron chi connectivity index (χ2n) is 3.17. The number of hydrogen-bond donors (Lipinski definition) is 5. The predicted molar refractivity (Wildman–Crippen MR) is 39.6 cm³/mol. The maximum Gasteiger partial charge on any atom is 0.128 e. The van der Waals surface area contributed by atoms with E-state index in [9.17, 15) is 15.0 Å². The zero-order valence-corrected chi connectivity index (χ0v) is 6.69. The van der Waals surface area contributed by atoms with Crippen LogP contribution in [0.4, 0.5) is 0 Å². The van der Waals surface area contributed by atoms with Crippen molar-refractivity contribution < 1.29 is 30.3 Å². The highest BCUT2D eigenvalue weighted by molar-refractivity contribution is 5.56. The summed E-state index contributed by atoms with van der Waals surface area (Å²) in [4.78, 5) is 10.4. The predicted octanol–water partition coefficient (Wildman–Crippen LogP) is -3.38. The first-order valence-electron chi connectivity index (χ1n) is 3.86. The maximum atomic E-state index is 10.4. The van der Waals surface area contributed by atoms with E-state index in [0.29, 0.717) is 0 Å². The number of rotatable bonds is 1. The van der Waals surface area contributed by atoms with Gasteiger partial charge in [-0.05, 0) is 0 Å². The van der Waals surface area contributed by atoms with Crippen LogP contribution in [0.25, 0.3) is 0 Å². The summed E-state index contributed by atoms with van der Waals surface area (Å²) in [5, 5.41) is 45.6. The first-order valence-corrected chi connectivity index (χ1v) is 3.86. The molecule has 0 aliphatic heterocycles. The number of hydrogen-bond acceptors (Lipinski definition) is 6. The molecule has 0 radical (unpaired) electrons. The highest BCUT2D eigenvalue weighted by atomic mass is 16.4. The van der Waals surface area contributed by atoms with Crippen molar-refractivity contribution in [1.82, 2.24) is 0 Å². The quantitative estimate of drug-likeness (QED) is 0.277. The second-order valence-corrected chi connectivity index (χ2v) is 3.17. The third kappa shape index (κ3) is 1.59. The summed E-state index contributed by atoms with van der Waals surface area (Å²) in [6, 6.07) is 0. The van der Waals surface area contributed by atoms with Gasteiger partial charge >= 0.3 is 0 Å². The van der Waals surface area contributed by atoms with Crippen LogP contribution in [0.5, 0.6) is 0 Å². The molecule has 13 heavy (non-hydrogen) atoms. The Labute approximate surface area is 74.1 Å². The molecule has 5 N–H and O–H groups in total. The van der Waals surface area contributed by atoms with Gasteiger partial charge in [0.2, 0.25) is 0 Å². The third-order valence-corrected chi connectivity index (χ3v) is 2.35. The minimum Gasteiger partial charge on any atom is -0.389 e. The Balaban J connectivity index is 2.85. The standard InChI is InChI=1S/C7H12O6/c8-1-2-3(9)5(11)7(13)6(12)4(2)10/h1-7,9-13H/t2?,3-,4+,5-,6-,7?/m0/s1. The highest BCUT2D eigenvalue weighted by Crippen LogP contribution is 2.24. The molecule has 0 spiro atoms. The minimum absolute atomic E-state index is 0.244. The Bertz CT molecular complexity index is 179. The summed E-state index contributed by atoms with van der Waals surface area (Å²) >= 11 is 0. The molecule has 6 heteroatoms. The molecule has 1 aliphatic carbocycles. The van der Waals surface area contributed by atoms with Gasteiger partial charge in [-0.2, -0.15) is 0 Å². The van der Waals surface area contributed by atoms with E-state index in [1.54, 1.807) is 0 Å². The molecule has 0 aromatic heterocycles. The van der Waals surface area contributed by atoms with E-state index in [4.69, 9.17) is 15.3 Å². The third-order valence-electron chi connectivity index (χ3n) is 2.35. The number of aldehydes is 1. The molecule has 0 aromatic rings. The fourth-order valence-corrected chi connectivity index (χ4v) is 1.42. The summed E-state index contributed by atoms with van der Waals surface area (Å²) in [6.07, 6.45) is -7.73. The first-order chi connectivity index (χ1) is 6.00. The summed E-state index contributed by atoms with van der Waals surface area (Å²) in [5.41, 5.74) is 0. The lowest BCUT2D eigenvalue weighted by Gasteiger charge is -2.39. The van der Waals surface area contributed by atoms with Gasteiger partial charge in [-0.1, -0.05) is 0 Å². The molecular weight excluding hydrogens is 180 g/mol. The van der Waals surface area contributed by atoms with Crippen LogP contribution >= 0.6 is 0 Å². The monoisotopic (exact) mass is 192 g/mol. The Morgan fingerprint density at radius 1 is 0.692 bits per heavy atom. The van der Waals surface area contributed by atoms with Crippen molar-refractivity contribution in [3.8, 4) is 0 Å². The van der Waals surface area contributed by atoms with Crippen molar-refractivity contribution in [3.05, 3.63) is 0 Å². The molecule has 2 unspecified atom stereocenters. The highest BCUT2D eigenvalue weighted by Gasteiger charge is 2.47. The van der Waals surface area contributed by atoms with Gasteiger partial charge < -0.3 is 30.3 Å². The van der Waals surface area contributed by atoms with Crippen LogP contribution in [0.2, 0.25) is 0 Å². The van der Waals surface area contributed by atoms with Crippen molar-refractivity contribution in [2.45, 2.75) is 30.5 Å². The molecule has 0 saturated heterocycles. The lowest BCUT2D eigenvalue weighted by Crippen LogP contribution is -2.61. The molecule has 6 nitrogen and oxygen atoms in total. The molecule has 1 rings (SSSR count). The van der Waals surface area contributed by atoms with Gasteiger partial charge in [0.1, 0.15) is 24.6 Å². The minimum atomic E-state index is -1.64. The Morgan fingerprint density at radius 3 is 1.31 bits per heavy atom. The molecule has 0 bridgehead atoms. The van der Waals surface area contributed by atoms with Crippen molar-refractivity contribution in [1.29, 1.82) is 0 Å². The van der Waals surface area contributed by atoms with Gasteiger partial charge in [0, 0.05) is 0 Å². The van der Waals surface area contributed by atoms with E-state index < -0.39 is 36.4 Å². The van der Waals surface area contributed by atoms with Crippen molar-refractivity contribution >= 4 is 6.29 Å². The zero-order valence-electron chi connectivity index (χ0n) is 6.69. The van der Waals surface area contributed by atoms with E-state index in [1.807, 2.05) is 0 Å². The van der Waals surface area contributed by atoms with Crippen LogP contribution in [0.15, 0.2) is 0 Å². The topological polar surface area (TPSA) is 118 Å². The molecule has 76 valence electrons. The molecule has 6 atom stereocenters. The molecule has 0 amide bonds. The van der Waals surface area contributed by atoms with Gasteiger partial charge in [-0.15, -0.1) is 0 Å². The van der Waals surface area contributed by atoms with Crippen LogP contribution in [0, 0.1) is 5.92 Å². The van der Waals surface area contributed by atoms with Crippen molar-refractivity contribution in [2.24, 2.45) is 5.92 Å². The van der Waals surface area contributed by atoms with Crippen LogP contribution in [0.1, 0.15) is 0 Å². The largest absolute Gasteiger partial charge is 0.389 e. The fourth-order valence-electron chi connectivity index (χ4n) is 1.42. The van der Waals surface area contributed by atoms with Gasteiger partial charge in [-0.25, -0.2) is 0 Å². The van der Waals surface area contributed by atoms with Crippen molar-refractivity contribution in [3.63, 3.8) is 0 Å². The smallest absolute Gasteiger partial charge is 0.128 e. The molecular formula is C7H12O6. The van der Waals surface area contributed by atoms with Gasteiger partial charge in [0.15, 0.2) is 0 Å². The summed E-state index contributed by atoms with van der Waals surface area (Å²) in [5.74, 6) is -1.27. The Kier molecular flexibility index (Phi) is 2.99. The van der Waals surface area contributed by atoms with Gasteiger partial charge in [0.05, 0.1) is 18.1 Å². The van der Waals surface area contributed by atoms with Gasteiger partial charge in [-0.3, -0.25) is 0 Å². The number of carbonyl (C=O) groups is 1. The van der Waals surface area contributed by atoms with E-state index in [0.717, 1.165) is 0 Å². The average Bonchev–Trinajstić information content (AvgIpc) is 2.13. The lowest BCUT2D eigenvalue weighted by molar-refractivity contribution is -0.199. The van der Waals surface area contributed by atoms with Crippen LogP contribution in [-0.4, -0.2) is 62.3 Å². The van der Waals surface area contributed by atoms with Crippen molar-refractivity contribution in [2.75, 3.05) is 0 Å². The number of aliphatic hydroxyl groups is 5. The zero-order chi connectivity index (χ0) is 10.2. The summed E-state index contributed by atoms with van der Waals surface area (Å²) in [6.45, 7) is 0. The average molecular weight is 192 g/mol. The van der Waals surface area contributed by atoms with Gasteiger partial charge in [0.25, 0.3) is 0 Å². The maximum absolute atomic E-state index is 10.4. The fraction of sp³-hybridized carbons (Fsp3) is 0.857. The van der Waals surface area contributed by atoms with E-state index >= 15 is 0 Å². The Hall–Kier alpha value is -0.530. The normalized spacial score (nSPS) is 51.8. The molecule has 0 heterocycles.